The highest BCUT2D eigenvalue weighted by molar-refractivity contribution is 5.77. The summed E-state index contributed by atoms with van der Waals surface area (Å²) in [6.45, 7) is 2.71. The van der Waals surface area contributed by atoms with Gasteiger partial charge in [-0.1, -0.05) is 0 Å². The molecule has 1 atom stereocenters. The molecule has 2 aliphatic rings. The van der Waals surface area contributed by atoms with Crippen LogP contribution in [0.2, 0.25) is 0 Å². The van der Waals surface area contributed by atoms with Gasteiger partial charge in [-0.15, -0.1) is 0 Å². The van der Waals surface area contributed by atoms with Crippen LogP contribution < -0.4 is 5.73 Å². The predicted molar refractivity (Wildman–Crippen MR) is 56.9 cm³/mol. The zero-order chi connectivity index (χ0) is 11.4. The molecule has 16 heavy (non-hydrogen) atoms. The van der Waals surface area contributed by atoms with Gasteiger partial charge in [-0.2, -0.15) is 0 Å². The van der Waals surface area contributed by atoms with Crippen LogP contribution in [-0.2, 0) is 19.0 Å². The number of hydrogen-bond donors (Lipinski definition) is 1. The molecule has 2 saturated heterocycles. The Labute approximate surface area is 95.2 Å². The van der Waals surface area contributed by atoms with E-state index in [2.05, 4.69) is 0 Å². The predicted octanol–water partition coefficient (Wildman–Crippen LogP) is 0.0740. The molecular formula is C11H19NO4. The van der Waals surface area contributed by atoms with Crippen LogP contribution in [0.25, 0.3) is 0 Å². The van der Waals surface area contributed by atoms with Gasteiger partial charge in [-0.3, -0.25) is 4.79 Å². The number of ether oxygens (including phenoxy) is 3. The fourth-order valence-corrected chi connectivity index (χ4v) is 2.14. The van der Waals surface area contributed by atoms with Gasteiger partial charge in [0.05, 0.1) is 18.6 Å². The Morgan fingerprint density at radius 2 is 2.06 bits per heavy atom. The maximum atomic E-state index is 12.1. The first-order chi connectivity index (χ1) is 7.77. The molecule has 0 aromatic heterocycles. The Bertz CT molecular complexity index is 244. The molecule has 0 radical (unpaired) electrons. The third-order valence-electron chi connectivity index (χ3n) is 3.44. The highest BCUT2D eigenvalue weighted by Crippen LogP contribution is 2.31. The molecule has 0 aliphatic carbocycles. The lowest BCUT2D eigenvalue weighted by molar-refractivity contribution is -0.166. The molecular weight excluding hydrogens is 210 g/mol. The lowest BCUT2D eigenvalue weighted by Gasteiger charge is -2.34. The molecule has 0 aromatic carbocycles. The van der Waals surface area contributed by atoms with E-state index in [1.807, 2.05) is 0 Å². The van der Waals surface area contributed by atoms with Gasteiger partial charge in [0.15, 0.2) is 0 Å². The topological polar surface area (TPSA) is 70.8 Å². The van der Waals surface area contributed by atoms with Crippen molar-refractivity contribution in [3.05, 3.63) is 0 Å². The number of rotatable bonds is 3. The van der Waals surface area contributed by atoms with E-state index in [-0.39, 0.29) is 12.1 Å². The summed E-state index contributed by atoms with van der Waals surface area (Å²) in [6, 6.07) is 0. The second-order valence-electron chi connectivity index (χ2n) is 4.49. The van der Waals surface area contributed by atoms with Gasteiger partial charge in [-0.25, -0.2) is 0 Å². The summed E-state index contributed by atoms with van der Waals surface area (Å²) in [7, 11) is 0. The molecule has 0 amide bonds. The summed E-state index contributed by atoms with van der Waals surface area (Å²) in [5.74, 6) is -0.172. The van der Waals surface area contributed by atoms with Crippen molar-refractivity contribution in [3.63, 3.8) is 0 Å². The molecule has 0 saturated carbocycles. The first-order valence-corrected chi connectivity index (χ1v) is 5.83. The van der Waals surface area contributed by atoms with E-state index >= 15 is 0 Å². The largest absolute Gasteiger partial charge is 0.459 e. The van der Waals surface area contributed by atoms with Gasteiger partial charge in [0.2, 0.25) is 0 Å². The van der Waals surface area contributed by atoms with Crippen molar-refractivity contribution in [1.29, 1.82) is 0 Å². The molecule has 2 rings (SSSR count). The molecule has 5 heteroatoms. The molecule has 2 heterocycles. The van der Waals surface area contributed by atoms with Crippen LogP contribution in [-0.4, -0.2) is 45.0 Å². The lowest BCUT2D eigenvalue weighted by Crippen LogP contribution is -2.45. The van der Waals surface area contributed by atoms with E-state index < -0.39 is 5.41 Å². The second-order valence-corrected chi connectivity index (χ2v) is 4.49. The first kappa shape index (κ1) is 11.8. The minimum Gasteiger partial charge on any atom is -0.459 e. The Morgan fingerprint density at radius 1 is 1.31 bits per heavy atom. The summed E-state index contributed by atoms with van der Waals surface area (Å²) in [6.07, 6.45) is 2.04. The number of carbonyl (C=O) groups is 1. The molecule has 0 bridgehead atoms. The summed E-state index contributed by atoms with van der Waals surface area (Å²) >= 11 is 0. The monoisotopic (exact) mass is 229 g/mol. The van der Waals surface area contributed by atoms with Gasteiger partial charge in [0.1, 0.15) is 6.10 Å². The van der Waals surface area contributed by atoms with Crippen LogP contribution in [0.3, 0.4) is 0 Å². The zero-order valence-electron chi connectivity index (χ0n) is 9.44. The van der Waals surface area contributed by atoms with E-state index in [0.29, 0.717) is 45.8 Å². The Morgan fingerprint density at radius 3 is 2.62 bits per heavy atom. The highest BCUT2D eigenvalue weighted by atomic mass is 16.6. The summed E-state index contributed by atoms with van der Waals surface area (Å²) in [4.78, 5) is 12.1. The Hall–Kier alpha value is -0.650. The van der Waals surface area contributed by atoms with Crippen LogP contribution in [0.4, 0.5) is 0 Å². The number of esters is 1. The maximum absolute atomic E-state index is 12.1. The molecule has 1 unspecified atom stereocenters. The standard InChI is InChI=1S/C11H19NO4/c12-8-11(2-5-14-6-3-11)10(13)16-9-1-4-15-7-9/h9H,1-8,12H2. The summed E-state index contributed by atoms with van der Waals surface area (Å²) in [5, 5.41) is 0. The molecule has 0 aromatic rings. The third-order valence-corrected chi connectivity index (χ3v) is 3.44. The van der Waals surface area contributed by atoms with Crippen molar-refractivity contribution in [2.75, 3.05) is 33.0 Å². The summed E-state index contributed by atoms with van der Waals surface area (Å²) < 4.78 is 15.9. The maximum Gasteiger partial charge on any atom is 0.313 e. The molecule has 0 spiro atoms. The average molecular weight is 229 g/mol. The fraction of sp³-hybridized carbons (Fsp3) is 0.909. The van der Waals surface area contributed by atoms with Gasteiger partial charge < -0.3 is 19.9 Å². The van der Waals surface area contributed by atoms with Crippen LogP contribution in [0.5, 0.6) is 0 Å². The van der Waals surface area contributed by atoms with E-state index in [9.17, 15) is 4.79 Å². The van der Waals surface area contributed by atoms with Crippen LogP contribution >= 0.6 is 0 Å². The molecule has 5 nitrogen and oxygen atoms in total. The number of nitrogens with two attached hydrogens (primary N) is 1. The third kappa shape index (κ3) is 2.36. The number of hydrogen-bond acceptors (Lipinski definition) is 5. The van der Waals surface area contributed by atoms with Crippen LogP contribution in [0.1, 0.15) is 19.3 Å². The van der Waals surface area contributed by atoms with Crippen molar-refractivity contribution in [3.8, 4) is 0 Å². The van der Waals surface area contributed by atoms with E-state index in [0.717, 1.165) is 6.42 Å². The number of carbonyl (C=O) groups excluding carboxylic acids is 1. The van der Waals surface area contributed by atoms with E-state index in [4.69, 9.17) is 19.9 Å². The van der Waals surface area contributed by atoms with Crippen LogP contribution in [0, 0.1) is 5.41 Å². The fourth-order valence-electron chi connectivity index (χ4n) is 2.14. The highest BCUT2D eigenvalue weighted by Gasteiger charge is 2.41. The summed E-state index contributed by atoms with van der Waals surface area (Å²) in [5.41, 5.74) is 5.20. The van der Waals surface area contributed by atoms with Crippen molar-refractivity contribution in [2.45, 2.75) is 25.4 Å². The normalized spacial score (nSPS) is 28.9. The van der Waals surface area contributed by atoms with Crippen molar-refractivity contribution in [2.24, 2.45) is 11.1 Å². The molecule has 92 valence electrons. The molecule has 2 N–H and O–H groups in total. The minimum absolute atomic E-state index is 0.0845. The van der Waals surface area contributed by atoms with Gasteiger partial charge >= 0.3 is 5.97 Å². The van der Waals surface area contributed by atoms with Gasteiger partial charge in [-0.05, 0) is 12.8 Å². The average Bonchev–Trinajstić information content (AvgIpc) is 2.82. The molecule has 2 fully saturated rings. The van der Waals surface area contributed by atoms with Crippen molar-refractivity contribution < 1.29 is 19.0 Å². The Balaban J connectivity index is 1.94. The van der Waals surface area contributed by atoms with Crippen LogP contribution in [0.15, 0.2) is 0 Å². The first-order valence-electron chi connectivity index (χ1n) is 5.83. The lowest BCUT2D eigenvalue weighted by atomic mass is 9.80. The van der Waals surface area contributed by atoms with E-state index in [1.54, 1.807) is 0 Å². The Kier molecular flexibility index (Phi) is 3.78. The zero-order valence-corrected chi connectivity index (χ0v) is 9.44. The van der Waals surface area contributed by atoms with Gasteiger partial charge in [0.25, 0.3) is 0 Å². The minimum atomic E-state index is -0.527. The SMILES string of the molecule is NCC1(C(=O)OC2CCOC2)CCOCC1. The molecule has 2 aliphatic heterocycles. The van der Waals surface area contributed by atoms with Gasteiger partial charge in [0, 0.05) is 26.2 Å². The van der Waals surface area contributed by atoms with Crippen molar-refractivity contribution in [1.82, 2.24) is 0 Å². The van der Waals surface area contributed by atoms with Crippen molar-refractivity contribution >= 4 is 5.97 Å². The quantitative estimate of drug-likeness (QED) is 0.694. The second kappa shape index (κ2) is 5.12. The van der Waals surface area contributed by atoms with E-state index in [1.165, 1.54) is 0 Å². The smallest absolute Gasteiger partial charge is 0.313 e.